The summed E-state index contributed by atoms with van der Waals surface area (Å²) >= 11 is 0. The first-order chi connectivity index (χ1) is 26.6. The molecule has 2 saturated carbocycles. The summed E-state index contributed by atoms with van der Waals surface area (Å²) in [4.78, 5) is 36.0. The van der Waals surface area contributed by atoms with Gasteiger partial charge in [-0.15, -0.1) is 0 Å². The first-order valence-corrected chi connectivity index (χ1v) is 18.2. The smallest absolute Gasteiger partial charge is 0.339 e. The van der Waals surface area contributed by atoms with Gasteiger partial charge in [0.2, 0.25) is 0 Å². The number of aromatic nitrogens is 4. The van der Waals surface area contributed by atoms with Crippen LogP contribution in [-0.2, 0) is 24.1 Å². The number of carboxylic acids is 1. The molecule has 0 unspecified atom stereocenters. The molecule has 2 N–H and O–H groups in total. The number of carbonyl (C=O) groups is 2. The number of hydrogen-bond donors (Lipinski definition) is 2. The molecule has 0 radical (unpaired) electrons. The fraction of sp³-hybridized carbons (Fsp3) is 0.227. The van der Waals surface area contributed by atoms with Crippen molar-refractivity contribution < 1.29 is 32.6 Å². The van der Waals surface area contributed by atoms with Gasteiger partial charge in [0.25, 0.3) is 0 Å². The number of fused-ring (bicyclic) bond motifs is 2. The Morgan fingerprint density at radius 2 is 1.38 bits per heavy atom. The third-order valence-corrected chi connectivity index (χ3v) is 10.3. The van der Waals surface area contributed by atoms with Crippen molar-refractivity contribution in [1.29, 1.82) is 0 Å². The second-order valence-electron chi connectivity index (χ2n) is 14.3. The lowest BCUT2D eigenvalue weighted by molar-refractivity contribution is 0.0598. The Bertz CT molecular complexity index is 2590. The van der Waals surface area contributed by atoms with Gasteiger partial charge in [-0.1, -0.05) is 12.1 Å². The number of aromatic carboxylic acids is 1. The average molecular weight is 743 g/mol. The zero-order valence-corrected chi connectivity index (χ0v) is 30.0. The van der Waals surface area contributed by atoms with E-state index in [0.717, 1.165) is 68.7 Å². The number of aromatic amines is 1. The largest absolute Gasteiger partial charge is 0.478 e. The monoisotopic (exact) mass is 742 g/mol. The first-order valence-electron chi connectivity index (χ1n) is 18.2. The number of methoxy groups -OCH3 is 1. The van der Waals surface area contributed by atoms with Crippen LogP contribution in [0.2, 0.25) is 0 Å². The molecule has 4 aromatic heterocycles. The molecule has 0 bridgehead atoms. The van der Waals surface area contributed by atoms with Crippen LogP contribution in [0.4, 0.5) is 13.2 Å². The standard InChI is InChI=1S/C25H19F3N2O2.C19H18N2O2/c26-20-11-22(28)21(27)10-18(20)13-30-6-5-16-7-14(1-4-24(16)30)8-23-19(25(31)32)9-17(12-29-23)15-2-3-15;1-23-19(22)16-10-15(13-3-4-13)11-21-18(16)9-12-2-5-17-14(8-12)6-7-20-17/h1,4-7,9-12,15H,2-3,8,13H2,(H,31,32);2,5-8,10-11,13,20H,3-4,9H2,1H3. The van der Waals surface area contributed by atoms with Crippen LogP contribution >= 0.6 is 0 Å². The summed E-state index contributed by atoms with van der Waals surface area (Å²) in [5.41, 5.74) is 8.20. The number of benzene rings is 3. The van der Waals surface area contributed by atoms with E-state index in [0.29, 0.717) is 42.0 Å². The van der Waals surface area contributed by atoms with Crippen LogP contribution in [0.25, 0.3) is 21.8 Å². The summed E-state index contributed by atoms with van der Waals surface area (Å²) in [5.74, 6) is -3.42. The predicted molar refractivity (Wildman–Crippen MR) is 202 cm³/mol. The molecule has 4 heterocycles. The van der Waals surface area contributed by atoms with Crippen molar-refractivity contribution in [3.05, 3.63) is 165 Å². The Balaban J connectivity index is 0.000000164. The van der Waals surface area contributed by atoms with Crippen molar-refractivity contribution in [2.75, 3.05) is 7.11 Å². The van der Waals surface area contributed by atoms with Crippen LogP contribution in [0.15, 0.2) is 97.6 Å². The average Bonchev–Trinajstić information content (AvgIpc) is 4.12. The van der Waals surface area contributed by atoms with E-state index < -0.39 is 23.4 Å². The van der Waals surface area contributed by atoms with E-state index in [1.54, 1.807) is 23.0 Å². The highest BCUT2D eigenvalue weighted by molar-refractivity contribution is 5.91. The lowest BCUT2D eigenvalue weighted by Crippen LogP contribution is -2.09. The molecule has 0 spiro atoms. The number of rotatable bonds is 10. The minimum atomic E-state index is -1.22. The normalized spacial score (nSPS) is 13.8. The van der Waals surface area contributed by atoms with Gasteiger partial charge in [-0.3, -0.25) is 9.97 Å². The SMILES string of the molecule is COC(=O)c1cc(C2CC2)cnc1Cc1ccc2[nH]ccc2c1.O=C(O)c1cc(C2CC2)cnc1Cc1ccc2c(ccn2Cc2cc(F)c(F)cc2F)c1. The summed E-state index contributed by atoms with van der Waals surface area (Å²) in [6.45, 7) is 0.0548. The molecule has 2 aliphatic carbocycles. The number of halogens is 3. The van der Waals surface area contributed by atoms with E-state index in [1.807, 2.05) is 48.8 Å². The van der Waals surface area contributed by atoms with Crippen molar-refractivity contribution in [3.8, 4) is 0 Å². The molecule has 55 heavy (non-hydrogen) atoms. The fourth-order valence-corrected chi connectivity index (χ4v) is 7.02. The number of nitrogens with zero attached hydrogens (tertiary/aromatic N) is 3. The zero-order valence-electron chi connectivity index (χ0n) is 30.0. The van der Waals surface area contributed by atoms with Crippen molar-refractivity contribution in [2.24, 2.45) is 0 Å². The molecule has 7 aromatic rings. The van der Waals surface area contributed by atoms with E-state index in [2.05, 4.69) is 33.2 Å². The summed E-state index contributed by atoms with van der Waals surface area (Å²) < 4.78 is 47.5. The first kappa shape index (κ1) is 35.8. The van der Waals surface area contributed by atoms with Gasteiger partial charge in [-0.2, -0.15) is 0 Å². The summed E-state index contributed by atoms with van der Waals surface area (Å²) in [7, 11) is 1.42. The van der Waals surface area contributed by atoms with Crippen molar-refractivity contribution >= 4 is 33.7 Å². The number of ether oxygens (including phenoxy) is 1. The number of carbonyl (C=O) groups excluding carboxylic acids is 1. The highest BCUT2D eigenvalue weighted by atomic mass is 19.2. The molecule has 0 amide bonds. The zero-order chi connectivity index (χ0) is 38.2. The Labute approximate surface area is 314 Å². The van der Waals surface area contributed by atoms with Gasteiger partial charge < -0.3 is 19.4 Å². The Morgan fingerprint density at radius 1 is 0.764 bits per heavy atom. The van der Waals surface area contributed by atoms with Gasteiger partial charge in [0.05, 0.1) is 36.2 Å². The van der Waals surface area contributed by atoms with E-state index in [4.69, 9.17) is 4.74 Å². The van der Waals surface area contributed by atoms with Crippen LogP contribution in [0, 0.1) is 17.5 Å². The molecule has 278 valence electrons. The minimum Gasteiger partial charge on any atom is -0.478 e. The van der Waals surface area contributed by atoms with E-state index in [9.17, 15) is 27.9 Å². The molecule has 2 fully saturated rings. The van der Waals surface area contributed by atoms with E-state index in [1.165, 1.54) is 20.0 Å². The number of hydrogen-bond acceptors (Lipinski definition) is 5. The molecule has 11 heteroatoms. The molecule has 0 saturated heterocycles. The predicted octanol–water partition coefficient (Wildman–Crippen LogP) is 9.49. The lowest BCUT2D eigenvalue weighted by Gasteiger charge is -2.10. The third-order valence-electron chi connectivity index (χ3n) is 10.3. The fourth-order valence-electron chi connectivity index (χ4n) is 7.02. The van der Waals surface area contributed by atoms with Crippen molar-refractivity contribution in [2.45, 2.75) is 56.9 Å². The molecular weight excluding hydrogens is 706 g/mol. The van der Waals surface area contributed by atoms with Crippen LogP contribution in [0.1, 0.15) is 97.4 Å². The molecule has 9 rings (SSSR count). The van der Waals surface area contributed by atoms with Crippen LogP contribution < -0.4 is 0 Å². The van der Waals surface area contributed by atoms with E-state index in [-0.39, 0.29) is 23.6 Å². The number of H-pyrrole nitrogens is 1. The summed E-state index contributed by atoms with van der Waals surface area (Å²) in [6.07, 6.45) is 12.9. The van der Waals surface area contributed by atoms with Crippen molar-refractivity contribution in [3.63, 3.8) is 0 Å². The number of pyridine rings is 2. The maximum absolute atomic E-state index is 14.0. The quantitative estimate of drug-likeness (QED) is 0.107. The highest BCUT2D eigenvalue weighted by Crippen LogP contribution is 2.41. The molecule has 3 aromatic carbocycles. The third kappa shape index (κ3) is 7.87. The van der Waals surface area contributed by atoms with Crippen molar-refractivity contribution in [1.82, 2.24) is 19.5 Å². The second-order valence-corrected chi connectivity index (χ2v) is 14.3. The lowest BCUT2D eigenvalue weighted by atomic mass is 10.0. The number of esters is 1. The van der Waals surface area contributed by atoms with Crippen LogP contribution in [-0.4, -0.2) is 43.7 Å². The molecule has 8 nitrogen and oxygen atoms in total. The van der Waals surface area contributed by atoms with Gasteiger partial charge in [0, 0.05) is 60.3 Å². The second kappa shape index (κ2) is 14.9. The van der Waals surface area contributed by atoms with E-state index >= 15 is 0 Å². The Kier molecular flexibility index (Phi) is 9.69. The topological polar surface area (TPSA) is 110 Å². The van der Waals surface area contributed by atoms with Gasteiger partial charge in [0.15, 0.2) is 11.6 Å². The Morgan fingerprint density at radius 3 is 2.04 bits per heavy atom. The van der Waals surface area contributed by atoms with Gasteiger partial charge >= 0.3 is 11.9 Å². The Hall–Kier alpha value is -6.23. The van der Waals surface area contributed by atoms with Crippen LogP contribution in [0.3, 0.4) is 0 Å². The van der Waals surface area contributed by atoms with Crippen LogP contribution in [0.5, 0.6) is 0 Å². The molecular formula is C44H37F3N4O4. The van der Waals surface area contributed by atoms with Gasteiger partial charge in [0.1, 0.15) is 5.82 Å². The molecule has 0 aliphatic heterocycles. The number of nitrogens with one attached hydrogen (secondary N) is 1. The molecule has 0 atom stereocenters. The van der Waals surface area contributed by atoms with Gasteiger partial charge in [-0.25, -0.2) is 22.8 Å². The number of carboxylic acid groups (broad SMARTS) is 1. The maximum atomic E-state index is 14.0. The van der Waals surface area contributed by atoms with Gasteiger partial charge in [-0.05, 0) is 125 Å². The maximum Gasteiger partial charge on any atom is 0.339 e. The summed E-state index contributed by atoms with van der Waals surface area (Å²) in [5, 5.41) is 11.7. The molecule has 2 aliphatic rings. The minimum absolute atomic E-state index is 0.0523. The highest BCUT2D eigenvalue weighted by Gasteiger charge is 2.27. The summed E-state index contributed by atoms with van der Waals surface area (Å²) in [6, 6.07) is 20.9.